The topological polar surface area (TPSA) is 83.0 Å². The highest BCUT2D eigenvalue weighted by molar-refractivity contribution is 5.81. The number of carbonyl (C=O) groups excluding carboxylic acids is 1. The zero-order valence-corrected chi connectivity index (χ0v) is 15.0. The smallest absolute Gasteiger partial charge is 0.226 e. The quantitative estimate of drug-likeness (QED) is 0.774. The van der Waals surface area contributed by atoms with E-state index < -0.39 is 0 Å². The molecule has 2 aliphatic rings. The Kier molecular flexibility index (Phi) is 4.69. The molecule has 0 spiro atoms. The van der Waals surface area contributed by atoms with E-state index in [9.17, 15) is 4.79 Å². The summed E-state index contributed by atoms with van der Waals surface area (Å²) in [6, 6.07) is 3.97. The fourth-order valence-electron chi connectivity index (χ4n) is 3.32. The van der Waals surface area contributed by atoms with Crippen molar-refractivity contribution in [3.05, 3.63) is 41.5 Å². The number of anilines is 2. The summed E-state index contributed by atoms with van der Waals surface area (Å²) in [5.74, 6) is 2.34. The maximum Gasteiger partial charge on any atom is 0.226 e. The van der Waals surface area contributed by atoms with Crippen molar-refractivity contribution in [2.45, 2.75) is 32.7 Å². The van der Waals surface area contributed by atoms with Crippen molar-refractivity contribution in [1.29, 1.82) is 0 Å². The van der Waals surface area contributed by atoms with E-state index in [0.717, 1.165) is 67.4 Å². The largest absolute Gasteiger partial charge is 0.368 e. The third kappa shape index (κ3) is 3.61. The van der Waals surface area contributed by atoms with Crippen LogP contribution in [0.1, 0.15) is 29.7 Å². The highest BCUT2D eigenvalue weighted by atomic mass is 16.2. The summed E-state index contributed by atoms with van der Waals surface area (Å²) in [4.78, 5) is 27.4. The first-order chi connectivity index (χ1) is 12.7. The summed E-state index contributed by atoms with van der Waals surface area (Å²) >= 11 is 0. The first-order valence-electron chi connectivity index (χ1n) is 9.23. The molecule has 4 rings (SSSR count). The average molecular weight is 352 g/mol. The number of hydrogen-bond donors (Lipinski definition) is 2. The van der Waals surface area contributed by atoms with Crippen LogP contribution in [0.2, 0.25) is 0 Å². The Bertz CT molecular complexity index is 804. The van der Waals surface area contributed by atoms with Crippen molar-refractivity contribution in [2.75, 3.05) is 30.3 Å². The second-order valence-corrected chi connectivity index (χ2v) is 6.95. The van der Waals surface area contributed by atoms with Crippen LogP contribution in [0.25, 0.3) is 0 Å². The van der Waals surface area contributed by atoms with Crippen LogP contribution in [-0.2, 0) is 17.8 Å². The Morgan fingerprint density at radius 3 is 2.77 bits per heavy atom. The molecule has 1 saturated carbocycles. The van der Waals surface area contributed by atoms with Gasteiger partial charge in [-0.3, -0.25) is 4.79 Å². The first-order valence-corrected chi connectivity index (χ1v) is 9.23. The number of pyridine rings is 1. The van der Waals surface area contributed by atoms with E-state index in [1.807, 2.05) is 24.0 Å². The lowest BCUT2D eigenvalue weighted by Crippen LogP contribution is -2.37. The Balaban J connectivity index is 1.34. The van der Waals surface area contributed by atoms with Crippen molar-refractivity contribution in [3.8, 4) is 0 Å². The van der Waals surface area contributed by atoms with Crippen LogP contribution in [0.3, 0.4) is 0 Å². The second kappa shape index (κ2) is 7.27. The minimum absolute atomic E-state index is 0.261. The summed E-state index contributed by atoms with van der Waals surface area (Å²) in [6.07, 6.45) is 6.27. The van der Waals surface area contributed by atoms with Gasteiger partial charge in [0.2, 0.25) is 5.91 Å². The van der Waals surface area contributed by atoms with Gasteiger partial charge in [0, 0.05) is 37.3 Å². The number of nitrogens with one attached hydrogen (secondary N) is 2. The molecule has 1 amide bonds. The molecule has 1 aliphatic carbocycles. The molecule has 2 aromatic rings. The van der Waals surface area contributed by atoms with Crippen LogP contribution in [0.15, 0.2) is 24.7 Å². The van der Waals surface area contributed by atoms with E-state index in [1.165, 1.54) is 0 Å². The average Bonchev–Trinajstić information content (AvgIpc) is 3.51. The Hall–Kier alpha value is -2.70. The number of rotatable bonds is 6. The van der Waals surface area contributed by atoms with Crippen LogP contribution in [0.5, 0.6) is 0 Å². The molecule has 0 aromatic carbocycles. The molecule has 7 nitrogen and oxygen atoms in total. The lowest BCUT2D eigenvalue weighted by molar-refractivity contribution is -0.133. The molecule has 3 heterocycles. The van der Waals surface area contributed by atoms with Gasteiger partial charge < -0.3 is 15.5 Å². The van der Waals surface area contributed by atoms with Crippen LogP contribution in [0, 0.1) is 12.8 Å². The highest BCUT2D eigenvalue weighted by Gasteiger charge is 2.35. The van der Waals surface area contributed by atoms with Gasteiger partial charge in [-0.05, 0) is 37.8 Å². The summed E-state index contributed by atoms with van der Waals surface area (Å²) in [6.45, 7) is 4.90. The van der Waals surface area contributed by atoms with E-state index in [1.54, 1.807) is 12.5 Å². The maximum absolute atomic E-state index is 12.3. The van der Waals surface area contributed by atoms with Crippen molar-refractivity contribution >= 4 is 17.5 Å². The molecule has 1 fully saturated rings. The van der Waals surface area contributed by atoms with E-state index in [2.05, 4.69) is 25.6 Å². The van der Waals surface area contributed by atoms with Crippen molar-refractivity contribution in [1.82, 2.24) is 19.9 Å². The van der Waals surface area contributed by atoms with Gasteiger partial charge in [0.05, 0.1) is 12.2 Å². The fraction of sp³-hybridized carbons (Fsp3) is 0.474. The predicted molar refractivity (Wildman–Crippen MR) is 99.8 cm³/mol. The van der Waals surface area contributed by atoms with Crippen LogP contribution in [-0.4, -0.2) is 45.4 Å². The van der Waals surface area contributed by atoms with Crippen LogP contribution < -0.4 is 10.6 Å². The Morgan fingerprint density at radius 2 is 2.00 bits per heavy atom. The second-order valence-electron chi connectivity index (χ2n) is 6.95. The van der Waals surface area contributed by atoms with Gasteiger partial charge in [0.1, 0.15) is 18.0 Å². The third-order valence-corrected chi connectivity index (χ3v) is 4.96. The molecule has 0 atom stereocenters. The minimum Gasteiger partial charge on any atom is -0.368 e. The molecule has 0 radical (unpaired) electrons. The van der Waals surface area contributed by atoms with E-state index in [-0.39, 0.29) is 5.92 Å². The van der Waals surface area contributed by atoms with E-state index in [0.29, 0.717) is 12.5 Å². The lowest BCUT2D eigenvalue weighted by atomic mass is 10.0. The zero-order valence-electron chi connectivity index (χ0n) is 15.0. The number of hydrogen-bond acceptors (Lipinski definition) is 6. The Labute approximate surface area is 153 Å². The monoisotopic (exact) mass is 352 g/mol. The number of amides is 1. The SMILES string of the molecule is Cc1cccnc1NCCNc1ncnc2c1CCN(C(=O)C1CC1)C2. The zero-order chi connectivity index (χ0) is 17.9. The molecular weight excluding hydrogens is 328 g/mol. The number of fused-ring (bicyclic) bond motifs is 1. The summed E-state index contributed by atoms with van der Waals surface area (Å²) in [7, 11) is 0. The molecule has 0 saturated heterocycles. The normalized spacial score (nSPS) is 16.1. The fourth-order valence-corrected chi connectivity index (χ4v) is 3.32. The summed E-state index contributed by atoms with van der Waals surface area (Å²) < 4.78 is 0. The highest BCUT2D eigenvalue weighted by Crippen LogP contribution is 2.33. The number of aryl methyl sites for hydroxylation is 1. The van der Waals surface area contributed by atoms with Gasteiger partial charge in [0.25, 0.3) is 0 Å². The molecule has 2 N–H and O–H groups in total. The summed E-state index contributed by atoms with van der Waals surface area (Å²) in [5, 5.41) is 6.73. The maximum atomic E-state index is 12.3. The van der Waals surface area contributed by atoms with Gasteiger partial charge in [-0.25, -0.2) is 15.0 Å². The van der Waals surface area contributed by atoms with Gasteiger partial charge in [-0.15, -0.1) is 0 Å². The number of nitrogens with zero attached hydrogens (tertiary/aromatic N) is 4. The molecule has 26 heavy (non-hydrogen) atoms. The Morgan fingerprint density at radius 1 is 1.19 bits per heavy atom. The summed E-state index contributed by atoms with van der Waals surface area (Å²) in [5.41, 5.74) is 3.24. The molecule has 1 aliphatic heterocycles. The van der Waals surface area contributed by atoms with Crippen molar-refractivity contribution in [2.24, 2.45) is 5.92 Å². The van der Waals surface area contributed by atoms with Gasteiger partial charge in [0.15, 0.2) is 0 Å². The van der Waals surface area contributed by atoms with Crippen LogP contribution in [0.4, 0.5) is 11.6 Å². The van der Waals surface area contributed by atoms with Crippen LogP contribution >= 0.6 is 0 Å². The van der Waals surface area contributed by atoms with Crippen molar-refractivity contribution < 1.29 is 4.79 Å². The third-order valence-electron chi connectivity index (χ3n) is 4.96. The van der Waals surface area contributed by atoms with Crippen molar-refractivity contribution in [3.63, 3.8) is 0 Å². The standard InChI is InChI=1S/C19H24N6O/c1-13-3-2-7-20-17(13)21-8-9-22-18-15-6-10-25(19(26)14-4-5-14)11-16(15)23-12-24-18/h2-3,7,12,14H,4-6,8-11H2,1H3,(H,20,21)(H,22,23,24). The molecule has 136 valence electrons. The molecular formula is C19H24N6O. The van der Waals surface area contributed by atoms with Gasteiger partial charge >= 0.3 is 0 Å². The van der Waals surface area contributed by atoms with Gasteiger partial charge in [-0.2, -0.15) is 0 Å². The number of carbonyl (C=O) groups is 1. The molecule has 0 unspecified atom stereocenters. The molecule has 2 aromatic heterocycles. The number of aromatic nitrogens is 3. The molecule has 0 bridgehead atoms. The molecule has 7 heteroatoms. The van der Waals surface area contributed by atoms with Gasteiger partial charge in [-0.1, -0.05) is 6.07 Å². The van der Waals surface area contributed by atoms with E-state index >= 15 is 0 Å². The first kappa shape index (κ1) is 16.8. The lowest BCUT2D eigenvalue weighted by Gasteiger charge is -2.29. The predicted octanol–water partition coefficient (Wildman–Crippen LogP) is 2.00. The van der Waals surface area contributed by atoms with E-state index in [4.69, 9.17) is 0 Å². The minimum atomic E-state index is 0.261.